The molecule has 0 aliphatic carbocycles. The maximum Gasteiger partial charge on any atom is 0.141 e. The molecule has 0 bridgehead atoms. The average Bonchev–Trinajstić information content (AvgIpc) is 2.90. The Hall–Kier alpha value is -1.24. The highest BCUT2D eigenvalue weighted by Gasteiger charge is 2.24. The van der Waals surface area contributed by atoms with Crippen molar-refractivity contribution in [2.45, 2.75) is 33.6 Å². The summed E-state index contributed by atoms with van der Waals surface area (Å²) in [5.41, 5.74) is 1.35. The van der Waals surface area contributed by atoms with E-state index in [1.165, 1.54) is 48.3 Å². The second-order valence-corrected chi connectivity index (χ2v) is 8.74. The minimum Gasteiger partial charge on any atom is -0.353 e. The summed E-state index contributed by atoms with van der Waals surface area (Å²) >= 11 is 1.80. The molecule has 5 nitrogen and oxygen atoms in total. The van der Waals surface area contributed by atoms with Crippen LogP contribution in [0.5, 0.6) is 0 Å². The zero-order chi connectivity index (χ0) is 17.4. The van der Waals surface area contributed by atoms with E-state index in [1.807, 2.05) is 6.92 Å². The fraction of sp³-hybridized carbons (Fsp3) is 0.684. The van der Waals surface area contributed by atoms with Gasteiger partial charge in [0.15, 0.2) is 0 Å². The van der Waals surface area contributed by atoms with Gasteiger partial charge < -0.3 is 10.2 Å². The van der Waals surface area contributed by atoms with Crippen LogP contribution in [-0.4, -0.2) is 60.7 Å². The first-order valence-electron chi connectivity index (χ1n) is 9.54. The summed E-state index contributed by atoms with van der Waals surface area (Å²) in [5, 5.41) is 4.75. The maximum absolute atomic E-state index is 4.83. The number of thiophene rings is 1. The minimum atomic E-state index is 0.877. The molecule has 0 atom stereocenters. The number of nitrogens with one attached hydrogen (secondary N) is 1. The van der Waals surface area contributed by atoms with E-state index in [-0.39, 0.29) is 0 Å². The molecule has 0 radical (unpaired) electrons. The Morgan fingerprint density at radius 1 is 1.04 bits per heavy atom. The van der Waals surface area contributed by atoms with Crippen LogP contribution in [0.15, 0.2) is 0 Å². The van der Waals surface area contributed by atoms with Gasteiger partial charge in [-0.25, -0.2) is 9.97 Å². The summed E-state index contributed by atoms with van der Waals surface area (Å²) in [5.74, 6) is 2.93. The third kappa shape index (κ3) is 3.52. The normalized spacial score (nSPS) is 20.5. The van der Waals surface area contributed by atoms with Gasteiger partial charge in [0.2, 0.25) is 0 Å². The summed E-state index contributed by atoms with van der Waals surface area (Å²) < 4.78 is 0. The number of hydrogen-bond donors (Lipinski definition) is 1. The Morgan fingerprint density at radius 3 is 2.48 bits per heavy atom. The fourth-order valence-corrected chi connectivity index (χ4v) is 5.20. The highest BCUT2D eigenvalue weighted by Crippen LogP contribution is 2.35. The minimum absolute atomic E-state index is 0.877. The summed E-state index contributed by atoms with van der Waals surface area (Å²) in [6, 6.07) is 0. The molecule has 2 aliphatic heterocycles. The molecule has 2 aromatic heterocycles. The third-order valence-corrected chi connectivity index (χ3v) is 6.87. The first-order valence-corrected chi connectivity index (χ1v) is 10.4. The molecule has 6 heteroatoms. The second kappa shape index (κ2) is 7.17. The first-order chi connectivity index (χ1) is 12.1. The molecular weight excluding hydrogens is 330 g/mol. The van der Waals surface area contributed by atoms with Crippen LogP contribution in [0.3, 0.4) is 0 Å². The smallest absolute Gasteiger partial charge is 0.141 e. The predicted molar refractivity (Wildman–Crippen MR) is 106 cm³/mol. The number of piperazine rings is 1. The van der Waals surface area contributed by atoms with E-state index in [9.17, 15) is 0 Å². The van der Waals surface area contributed by atoms with Crippen molar-refractivity contribution in [3.05, 3.63) is 16.3 Å². The van der Waals surface area contributed by atoms with Crippen molar-refractivity contribution in [1.82, 2.24) is 20.2 Å². The molecule has 0 amide bonds. The molecule has 2 fully saturated rings. The van der Waals surface area contributed by atoms with Crippen molar-refractivity contribution in [1.29, 1.82) is 0 Å². The Bertz CT molecular complexity index is 742. The molecule has 0 unspecified atom stereocenters. The molecule has 2 aromatic rings. The highest BCUT2D eigenvalue weighted by molar-refractivity contribution is 7.18. The molecule has 2 saturated heterocycles. The molecule has 4 rings (SSSR count). The third-order valence-electron chi connectivity index (χ3n) is 5.77. The van der Waals surface area contributed by atoms with Gasteiger partial charge in [0.05, 0.1) is 5.39 Å². The number of rotatable bonds is 3. The quantitative estimate of drug-likeness (QED) is 0.913. The fourth-order valence-electron chi connectivity index (χ4n) is 4.13. The Labute approximate surface area is 154 Å². The first kappa shape index (κ1) is 17.2. The van der Waals surface area contributed by atoms with E-state index in [0.717, 1.165) is 48.6 Å². The van der Waals surface area contributed by atoms with Crippen LogP contribution in [0.4, 0.5) is 5.82 Å². The number of aromatic nitrogens is 2. The van der Waals surface area contributed by atoms with E-state index in [0.29, 0.717) is 0 Å². The van der Waals surface area contributed by atoms with Gasteiger partial charge in [-0.3, -0.25) is 4.90 Å². The van der Waals surface area contributed by atoms with Gasteiger partial charge in [-0.1, -0.05) is 0 Å². The standard InChI is InChI=1S/C19H29N5S/c1-13-14(2)25-19-17(13)18(21-15(3)22-19)24-10-8-23(9-11-24)12-16-4-6-20-7-5-16/h16,20H,4-12H2,1-3H3. The molecule has 1 N–H and O–H groups in total. The van der Waals surface area contributed by atoms with E-state index >= 15 is 0 Å². The van der Waals surface area contributed by atoms with Gasteiger partial charge in [-0.2, -0.15) is 0 Å². The monoisotopic (exact) mass is 359 g/mol. The van der Waals surface area contributed by atoms with Crippen molar-refractivity contribution >= 4 is 27.4 Å². The average molecular weight is 360 g/mol. The number of hydrogen-bond acceptors (Lipinski definition) is 6. The Balaban J connectivity index is 1.48. The maximum atomic E-state index is 4.83. The zero-order valence-corrected chi connectivity index (χ0v) is 16.5. The van der Waals surface area contributed by atoms with Crippen molar-refractivity contribution in [3.63, 3.8) is 0 Å². The van der Waals surface area contributed by atoms with Crippen LogP contribution in [0.25, 0.3) is 10.2 Å². The molecule has 0 spiro atoms. The van der Waals surface area contributed by atoms with Crippen LogP contribution >= 0.6 is 11.3 Å². The lowest BCUT2D eigenvalue weighted by molar-refractivity contribution is 0.196. The number of aryl methyl sites for hydroxylation is 3. The van der Waals surface area contributed by atoms with Crippen LogP contribution in [0, 0.1) is 26.7 Å². The zero-order valence-electron chi connectivity index (χ0n) is 15.6. The number of piperidine rings is 1. The Morgan fingerprint density at radius 2 is 1.76 bits per heavy atom. The van der Waals surface area contributed by atoms with Crippen molar-refractivity contribution in [2.24, 2.45) is 5.92 Å². The highest BCUT2D eigenvalue weighted by atomic mass is 32.1. The number of fused-ring (bicyclic) bond motifs is 1. The molecular formula is C19H29N5S. The predicted octanol–water partition coefficient (Wildman–Crippen LogP) is 2.74. The largest absolute Gasteiger partial charge is 0.353 e. The van der Waals surface area contributed by atoms with Gasteiger partial charge in [0, 0.05) is 37.6 Å². The second-order valence-electron chi connectivity index (χ2n) is 7.54. The van der Waals surface area contributed by atoms with Crippen molar-refractivity contribution < 1.29 is 0 Å². The number of anilines is 1. The lowest BCUT2D eigenvalue weighted by Gasteiger charge is -2.38. The van der Waals surface area contributed by atoms with Gasteiger partial charge in [0.1, 0.15) is 16.5 Å². The SMILES string of the molecule is Cc1nc(N2CCN(CC3CCNCC3)CC2)c2c(C)c(C)sc2n1. The topological polar surface area (TPSA) is 44.3 Å². The molecule has 4 heterocycles. The van der Waals surface area contributed by atoms with Crippen molar-refractivity contribution in [2.75, 3.05) is 50.7 Å². The molecule has 25 heavy (non-hydrogen) atoms. The van der Waals surface area contributed by atoms with Crippen LogP contribution in [0.2, 0.25) is 0 Å². The van der Waals surface area contributed by atoms with Gasteiger partial charge in [-0.15, -0.1) is 11.3 Å². The molecule has 136 valence electrons. The van der Waals surface area contributed by atoms with Crippen molar-refractivity contribution in [3.8, 4) is 0 Å². The van der Waals surface area contributed by atoms with Crippen LogP contribution in [0.1, 0.15) is 29.1 Å². The van der Waals surface area contributed by atoms with Crippen LogP contribution in [-0.2, 0) is 0 Å². The van der Waals surface area contributed by atoms with Gasteiger partial charge in [0.25, 0.3) is 0 Å². The molecule has 0 aromatic carbocycles. The summed E-state index contributed by atoms with van der Waals surface area (Å²) in [6.45, 7) is 14.5. The lowest BCUT2D eigenvalue weighted by Crippen LogP contribution is -2.49. The van der Waals surface area contributed by atoms with E-state index in [1.54, 1.807) is 11.3 Å². The number of nitrogens with zero attached hydrogens (tertiary/aromatic N) is 4. The lowest BCUT2D eigenvalue weighted by atomic mass is 9.97. The van der Waals surface area contributed by atoms with Gasteiger partial charge >= 0.3 is 0 Å². The summed E-state index contributed by atoms with van der Waals surface area (Å²) in [4.78, 5) is 17.2. The van der Waals surface area contributed by atoms with Gasteiger partial charge in [-0.05, 0) is 58.2 Å². The summed E-state index contributed by atoms with van der Waals surface area (Å²) in [6.07, 6.45) is 2.67. The molecule has 0 saturated carbocycles. The van der Waals surface area contributed by atoms with E-state index in [4.69, 9.17) is 4.98 Å². The van der Waals surface area contributed by atoms with E-state index in [2.05, 4.69) is 33.9 Å². The Kier molecular flexibility index (Phi) is 4.93. The molecule has 2 aliphatic rings. The van der Waals surface area contributed by atoms with Crippen LogP contribution < -0.4 is 10.2 Å². The van der Waals surface area contributed by atoms with E-state index < -0.39 is 0 Å². The summed E-state index contributed by atoms with van der Waals surface area (Å²) in [7, 11) is 0.